The third-order valence-electron chi connectivity index (χ3n) is 4.22. The fraction of sp³-hybridized carbons (Fsp3) is 0.333. The van der Waals surface area contributed by atoms with Gasteiger partial charge in [0.2, 0.25) is 0 Å². The maximum Gasteiger partial charge on any atom is 0.0643 e. The number of nitrogens with zero attached hydrogens (tertiary/aromatic N) is 1. The van der Waals surface area contributed by atoms with Gasteiger partial charge in [-0.15, -0.1) is 0 Å². The van der Waals surface area contributed by atoms with Gasteiger partial charge in [-0.3, -0.25) is 4.90 Å². The predicted octanol–water partition coefficient (Wildman–Crippen LogP) is 5.14. The van der Waals surface area contributed by atoms with Crippen molar-refractivity contribution in [3.63, 3.8) is 0 Å². The lowest BCUT2D eigenvalue weighted by atomic mass is 9.96. The average Bonchev–Trinajstić information content (AvgIpc) is 2.83. The first-order chi connectivity index (χ1) is 11.2. The van der Waals surface area contributed by atoms with Crippen LogP contribution in [0, 0.1) is 0 Å². The van der Waals surface area contributed by atoms with Crippen LogP contribution in [0.3, 0.4) is 0 Å². The number of hydrogen-bond donors (Lipinski definition) is 1. The minimum Gasteiger partial charge on any atom is -0.315 e. The first-order valence-electron chi connectivity index (χ1n) is 7.81. The third kappa shape index (κ3) is 3.92. The molecule has 1 fully saturated rings. The molecule has 0 spiro atoms. The van der Waals surface area contributed by atoms with E-state index in [-0.39, 0.29) is 6.04 Å². The fourth-order valence-corrected chi connectivity index (χ4v) is 4.03. The summed E-state index contributed by atoms with van der Waals surface area (Å²) in [5.74, 6) is 0. The Morgan fingerprint density at radius 1 is 0.957 bits per heavy atom. The van der Waals surface area contributed by atoms with Crippen LogP contribution in [-0.2, 0) is 0 Å². The second kappa shape index (κ2) is 8.00. The zero-order valence-corrected chi connectivity index (χ0v) is 15.8. The molecule has 1 atom stereocenters. The van der Waals surface area contributed by atoms with E-state index in [9.17, 15) is 0 Å². The van der Waals surface area contributed by atoms with E-state index < -0.39 is 0 Å². The molecular formula is C18H19BrCl2N2. The van der Waals surface area contributed by atoms with E-state index in [1.54, 1.807) is 0 Å². The lowest BCUT2D eigenvalue weighted by Gasteiger charge is -2.32. The summed E-state index contributed by atoms with van der Waals surface area (Å²) in [5.41, 5.74) is 2.28. The molecule has 0 radical (unpaired) electrons. The molecule has 5 heteroatoms. The molecule has 1 unspecified atom stereocenters. The van der Waals surface area contributed by atoms with Crippen molar-refractivity contribution in [2.24, 2.45) is 0 Å². The van der Waals surface area contributed by atoms with Gasteiger partial charge in [-0.25, -0.2) is 0 Å². The van der Waals surface area contributed by atoms with Crippen LogP contribution in [0.25, 0.3) is 0 Å². The van der Waals surface area contributed by atoms with E-state index in [0.29, 0.717) is 10.0 Å². The second-order valence-corrected chi connectivity index (χ2v) is 7.35. The molecule has 1 aliphatic heterocycles. The molecule has 0 amide bonds. The minimum atomic E-state index is 0.0941. The Morgan fingerprint density at radius 2 is 1.74 bits per heavy atom. The summed E-state index contributed by atoms with van der Waals surface area (Å²) in [6.07, 6.45) is 1.12. The SMILES string of the molecule is Clc1cccc(C(c2ccccc2Br)N2CCCNCC2)c1Cl. The summed E-state index contributed by atoms with van der Waals surface area (Å²) in [5, 5.41) is 4.71. The molecule has 0 aliphatic carbocycles. The summed E-state index contributed by atoms with van der Waals surface area (Å²) < 4.78 is 1.10. The van der Waals surface area contributed by atoms with Crippen LogP contribution in [0.4, 0.5) is 0 Å². The highest BCUT2D eigenvalue weighted by molar-refractivity contribution is 9.10. The van der Waals surface area contributed by atoms with Crippen LogP contribution in [-0.4, -0.2) is 31.1 Å². The Bertz CT molecular complexity index is 670. The van der Waals surface area contributed by atoms with Gasteiger partial charge in [-0.05, 0) is 36.2 Å². The molecule has 3 rings (SSSR count). The van der Waals surface area contributed by atoms with Crippen LogP contribution < -0.4 is 5.32 Å². The monoisotopic (exact) mass is 412 g/mol. The summed E-state index contributed by atoms with van der Waals surface area (Å²) in [6.45, 7) is 4.05. The molecule has 1 heterocycles. The molecule has 1 aliphatic rings. The maximum atomic E-state index is 6.56. The first-order valence-corrected chi connectivity index (χ1v) is 9.36. The number of rotatable bonds is 3. The smallest absolute Gasteiger partial charge is 0.0643 e. The van der Waals surface area contributed by atoms with Gasteiger partial charge in [0, 0.05) is 24.1 Å². The highest BCUT2D eigenvalue weighted by atomic mass is 79.9. The fourth-order valence-electron chi connectivity index (χ4n) is 3.11. The third-order valence-corrected chi connectivity index (χ3v) is 5.77. The molecule has 1 saturated heterocycles. The Labute approximate surface area is 155 Å². The van der Waals surface area contributed by atoms with Crippen molar-refractivity contribution in [1.29, 1.82) is 0 Å². The standard InChI is InChI=1S/C18H19BrCl2N2/c19-15-7-2-1-5-13(15)18(23-11-4-9-22-10-12-23)14-6-3-8-16(20)17(14)21/h1-3,5-8,18,22H,4,9-12H2. The molecule has 1 N–H and O–H groups in total. The van der Waals surface area contributed by atoms with Crippen molar-refractivity contribution < 1.29 is 0 Å². The zero-order chi connectivity index (χ0) is 16.2. The zero-order valence-electron chi connectivity index (χ0n) is 12.7. The van der Waals surface area contributed by atoms with E-state index in [2.05, 4.69) is 50.4 Å². The Morgan fingerprint density at radius 3 is 2.57 bits per heavy atom. The quantitative estimate of drug-likeness (QED) is 0.749. The largest absolute Gasteiger partial charge is 0.315 e. The van der Waals surface area contributed by atoms with Gasteiger partial charge in [-0.2, -0.15) is 0 Å². The van der Waals surface area contributed by atoms with Crippen LogP contribution in [0.1, 0.15) is 23.6 Å². The van der Waals surface area contributed by atoms with Crippen molar-refractivity contribution in [3.05, 3.63) is 68.1 Å². The van der Waals surface area contributed by atoms with E-state index >= 15 is 0 Å². The number of hydrogen-bond acceptors (Lipinski definition) is 2. The van der Waals surface area contributed by atoms with E-state index in [1.165, 1.54) is 5.56 Å². The predicted molar refractivity (Wildman–Crippen MR) is 102 cm³/mol. The van der Waals surface area contributed by atoms with Gasteiger partial charge in [0.25, 0.3) is 0 Å². The highest BCUT2D eigenvalue weighted by Gasteiger charge is 2.27. The summed E-state index contributed by atoms with van der Waals surface area (Å²) >= 11 is 16.5. The number of benzene rings is 2. The normalized spacial score (nSPS) is 17.7. The van der Waals surface area contributed by atoms with E-state index in [0.717, 1.165) is 42.6 Å². The van der Waals surface area contributed by atoms with Gasteiger partial charge >= 0.3 is 0 Å². The van der Waals surface area contributed by atoms with E-state index in [1.807, 2.05) is 18.2 Å². The lowest BCUT2D eigenvalue weighted by Crippen LogP contribution is -2.33. The van der Waals surface area contributed by atoms with Crippen LogP contribution in [0.15, 0.2) is 46.9 Å². The summed E-state index contributed by atoms with van der Waals surface area (Å²) in [7, 11) is 0. The summed E-state index contributed by atoms with van der Waals surface area (Å²) in [4.78, 5) is 2.48. The lowest BCUT2D eigenvalue weighted by molar-refractivity contribution is 0.240. The second-order valence-electron chi connectivity index (χ2n) is 5.71. The van der Waals surface area contributed by atoms with Crippen LogP contribution in [0.2, 0.25) is 10.0 Å². The van der Waals surface area contributed by atoms with Crippen LogP contribution in [0.5, 0.6) is 0 Å². The van der Waals surface area contributed by atoms with Crippen molar-refractivity contribution >= 4 is 39.1 Å². The molecule has 122 valence electrons. The highest BCUT2D eigenvalue weighted by Crippen LogP contribution is 2.39. The molecule has 0 bridgehead atoms. The van der Waals surface area contributed by atoms with Gasteiger partial charge < -0.3 is 5.32 Å². The van der Waals surface area contributed by atoms with Crippen molar-refractivity contribution in [3.8, 4) is 0 Å². The number of halogens is 3. The average molecular weight is 414 g/mol. The molecular weight excluding hydrogens is 395 g/mol. The summed E-state index contributed by atoms with van der Waals surface area (Å²) in [6, 6.07) is 14.3. The van der Waals surface area contributed by atoms with Gasteiger partial charge in [-0.1, -0.05) is 69.5 Å². The minimum absolute atomic E-state index is 0.0941. The van der Waals surface area contributed by atoms with Crippen molar-refractivity contribution in [1.82, 2.24) is 10.2 Å². The Hall–Kier alpha value is -0.580. The Balaban J connectivity index is 2.09. The van der Waals surface area contributed by atoms with Crippen molar-refractivity contribution in [2.45, 2.75) is 12.5 Å². The molecule has 2 aromatic carbocycles. The topological polar surface area (TPSA) is 15.3 Å². The first kappa shape index (κ1) is 17.2. The molecule has 0 aromatic heterocycles. The van der Waals surface area contributed by atoms with Crippen molar-refractivity contribution in [2.75, 3.05) is 26.2 Å². The van der Waals surface area contributed by atoms with Crippen LogP contribution >= 0.6 is 39.1 Å². The molecule has 23 heavy (non-hydrogen) atoms. The Kier molecular flexibility index (Phi) is 6.00. The molecule has 2 aromatic rings. The van der Waals surface area contributed by atoms with Gasteiger partial charge in [0.1, 0.15) is 0 Å². The van der Waals surface area contributed by atoms with Gasteiger partial charge in [0.05, 0.1) is 16.1 Å². The maximum absolute atomic E-state index is 6.56. The molecule has 2 nitrogen and oxygen atoms in total. The van der Waals surface area contributed by atoms with Gasteiger partial charge in [0.15, 0.2) is 0 Å². The number of nitrogens with one attached hydrogen (secondary N) is 1. The van der Waals surface area contributed by atoms with E-state index in [4.69, 9.17) is 23.2 Å². The molecule has 0 saturated carbocycles.